The molecule has 0 radical (unpaired) electrons. The largest absolute Gasteiger partial charge is 0.481 e. The van der Waals surface area contributed by atoms with Gasteiger partial charge in [0, 0.05) is 5.69 Å². The van der Waals surface area contributed by atoms with Crippen molar-refractivity contribution in [2.45, 2.75) is 0 Å². The first-order valence-corrected chi connectivity index (χ1v) is 6.24. The number of nitrogens with two attached hydrogens (primary N) is 1. The van der Waals surface area contributed by atoms with Gasteiger partial charge in [0.05, 0.1) is 30.9 Å². The Morgan fingerprint density at radius 1 is 1.19 bits per heavy atom. The number of carbonyl (C=O) groups excluding carboxylic acids is 1. The molecule has 7 nitrogen and oxygen atoms in total. The fraction of sp³-hybridized carbons (Fsp3) is 0.154. The molecule has 0 fully saturated rings. The van der Waals surface area contributed by atoms with E-state index in [0.717, 1.165) is 0 Å². The van der Waals surface area contributed by atoms with Gasteiger partial charge in [-0.1, -0.05) is 11.6 Å². The molecule has 1 amide bonds. The van der Waals surface area contributed by atoms with Crippen LogP contribution >= 0.6 is 11.6 Å². The summed E-state index contributed by atoms with van der Waals surface area (Å²) in [6, 6.07) is 6.08. The van der Waals surface area contributed by atoms with Crippen LogP contribution in [0, 0.1) is 0 Å². The molecule has 0 bridgehead atoms. The number of halogens is 1. The molecule has 0 saturated carbocycles. The van der Waals surface area contributed by atoms with Gasteiger partial charge >= 0.3 is 0 Å². The highest BCUT2D eigenvalue weighted by molar-refractivity contribution is 6.34. The number of benzene rings is 1. The molecular formula is C13H13ClN4O3. The molecule has 0 unspecified atom stereocenters. The summed E-state index contributed by atoms with van der Waals surface area (Å²) in [5.74, 6) is 0.112. The Kier molecular flexibility index (Phi) is 4.44. The third-order valence-electron chi connectivity index (χ3n) is 2.56. The van der Waals surface area contributed by atoms with Crippen LogP contribution in [0.15, 0.2) is 24.3 Å². The number of amides is 1. The minimum absolute atomic E-state index is 0.0455. The highest BCUT2D eigenvalue weighted by Crippen LogP contribution is 2.21. The van der Waals surface area contributed by atoms with Crippen molar-refractivity contribution >= 4 is 29.1 Å². The van der Waals surface area contributed by atoms with Crippen LogP contribution in [0.4, 0.5) is 11.6 Å². The highest BCUT2D eigenvalue weighted by Gasteiger charge is 2.13. The van der Waals surface area contributed by atoms with Gasteiger partial charge in [0.1, 0.15) is 0 Å². The number of nitrogens with one attached hydrogen (secondary N) is 1. The lowest BCUT2D eigenvalue weighted by Gasteiger charge is -2.08. The first-order chi connectivity index (χ1) is 10.0. The van der Waals surface area contributed by atoms with Crippen molar-refractivity contribution in [2.75, 3.05) is 25.3 Å². The zero-order chi connectivity index (χ0) is 15.4. The topological polar surface area (TPSA) is 99.4 Å². The summed E-state index contributed by atoms with van der Waals surface area (Å²) >= 11 is 5.98. The Hall–Kier alpha value is -2.54. The number of nitrogens with zero attached hydrogens (tertiary/aromatic N) is 2. The van der Waals surface area contributed by atoms with Crippen LogP contribution in [-0.2, 0) is 0 Å². The summed E-state index contributed by atoms with van der Waals surface area (Å²) in [4.78, 5) is 20.1. The Morgan fingerprint density at radius 3 is 2.33 bits per heavy atom. The molecule has 1 aromatic carbocycles. The van der Waals surface area contributed by atoms with E-state index in [0.29, 0.717) is 5.69 Å². The van der Waals surface area contributed by atoms with Crippen molar-refractivity contribution in [2.24, 2.45) is 0 Å². The van der Waals surface area contributed by atoms with Gasteiger partial charge in [-0.3, -0.25) is 10.1 Å². The lowest BCUT2D eigenvalue weighted by molar-refractivity contribution is 0.102. The number of nitrogen functional groups attached to an aromatic ring is 1. The molecule has 1 heterocycles. The minimum Gasteiger partial charge on any atom is -0.481 e. The van der Waals surface area contributed by atoms with E-state index in [4.69, 9.17) is 26.8 Å². The number of ether oxygens (including phenoxy) is 2. The second kappa shape index (κ2) is 6.27. The summed E-state index contributed by atoms with van der Waals surface area (Å²) < 4.78 is 10.00. The van der Waals surface area contributed by atoms with E-state index >= 15 is 0 Å². The van der Waals surface area contributed by atoms with E-state index < -0.39 is 5.91 Å². The third kappa shape index (κ3) is 3.51. The molecule has 0 aliphatic carbocycles. The zero-order valence-electron chi connectivity index (χ0n) is 11.4. The monoisotopic (exact) mass is 308 g/mol. The number of anilines is 2. The summed E-state index contributed by atoms with van der Waals surface area (Å²) in [5.41, 5.74) is 6.31. The Balaban J connectivity index is 2.26. The molecule has 0 spiro atoms. The predicted molar refractivity (Wildman–Crippen MR) is 79.0 cm³/mol. The molecule has 2 rings (SSSR count). The molecule has 8 heteroatoms. The molecule has 0 saturated heterocycles. The second-order valence-corrected chi connectivity index (χ2v) is 4.38. The van der Waals surface area contributed by atoms with Gasteiger partial charge in [0.15, 0.2) is 0 Å². The average molecular weight is 309 g/mol. The van der Waals surface area contributed by atoms with Crippen molar-refractivity contribution in [3.8, 4) is 11.8 Å². The van der Waals surface area contributed by atoms with Crippen molar-refractivity contribution in [3.63, 3.8) is 0 Å². The van der Waals surface area contributed by atoms with Gasteiger partial charge in [-0.15, -0.1) is 0 Å². The van der Waals surface area contributed by atoms with Crippen LogP contribution < -0.4 is 20.5 Å². The average Bonchev–Trinajstić information content (AvgIpc) is 2.46. The molecule has 0 aliphatic heterocycles. The van der Waals surface area contributed by atoms with Crippen LogP contribution in [-0.4, -0.2) is 30.1 Å². The number of methoxy groups -OCH3 is 2. The first-order valence-electron chi connectivity index (χ1n) is 5.87. The molecule has 0 aliphatic rings. The van der Waals surface area contributed by atoms with E-state index in [9.17, 15) is 4.79 Å². The Labute approximate surface area is 126 Å². The number of aromatic nitrogens is 2. The second-order valence-electron chi connectivity index (χ2n) is 3.97. The van der Waals surface area contributed by atoms with Crippen LogP contribution in [0.2, 0.25) is 5.02 Å². The van der Waals surface area contributed by atoms with Crippen LogP contribution in [0.25, 0.3) is 0 Å². The quantitative estimate of drug-likeness (QED) is 0.838. The maximum Gasteiger partial charge on any atom is 0.259 e. The van der Waals surface area contributed by atoms with Gasteiger partial charge in [0.2, 0.25) is 17.7 Å². The maximum absolute atomic E-state index is 12.1. The fourth-order valence-electron chi connectivity index (χ4n) is 1.55. The maximum atomic E-state index is 12.1. The van der Waals surface area contributed by atoms with Gasteiger partial charge in [-0.25, -0.2) is 0 Å². The van der Waals surface area contributed by atoms with Crippen molar-refractivity contribution < 1.29 is 14.3 Å². The van der Waals surface area contributed by atoms with Crippen molar-refractivity contribution in [1.82, 2.24) is 9.97 Å². The van der Waals surface area contributed by atoms with Gasteiger partial charge in [-0.2, -0.15) is 9.97 Å². The number of hydrogen-bond acceptors (Lipinski definition) is 6. The molecule has 0 atom stereocenters. The number of carbonyl (C=O) groups is 1. The fourth-order valence-corrected chi connectivity index (χ4v) is 1.83. The Morgan fingerprint density at radius 2 is 1.81 bits per heavy atom. The third-order valence-corrected chi connectivity index (χ3v) is 2.87. The molecule has 2 aromatic rings. The predicted octanol–water partition coefficient (Wildman–Crippen LogP) is 1.98. The Bertz CT molecular complexity index is 656. The van der Waals surface area contributed by atoms with Gasteiger partial charge in [0.25, 0.3) is 5.91 Å². The molecular weight excluding hydrogens is 296 g/mol. The molecule has 3 N–H and O–H groups in total. The summed E-state index contributed by atoms with van der Waals surface area (Å²) in [7, 11) is 2.90. The summed E-state index contributed by atoms with van der Waals surface area (Å²) in [6.07, 6.45) is 0. The van der Waals surface area contributed by atoms with E-state index in [-0.39, 0.29) is 28.3 Å². The minimum atomic E-state index is -0.463. The van der Waals surface area contributed by atoms with Crippen molar-refractivity contribution in [1.29, 1.82) is 0 Å². The SMILES string of the molecule is COc1cc(OC)nc(NC(=O)c2ccc(N)cc2Cl)n1. The van der Waals surface area contributed by atoms with E-state index in [1.807, 2.05) is 0 Å². The van der Waals surface area contributed by atoms with Crippen molar-refractivity contribution in [3.05, 3.63) is 34.9 Å². The first kappa shape index (κ1) is 14.9. The van der Waals surface area contributed by atoms with Crippen LogP contribution in [0.1, 0.15) is 10.4 Å². The van der Waals surface area contributed by atoms with E-state index in [1.165, 1.54) is 32.4 Å². The van der Waals surface area contributed by atoms with Gasteiger partial charge in [-0.05, 0) is 18.2 Å². The lowest BCUT2D eigenvalue weighted by Crippen LogP contribution is -2.15. The van der Waals surface area contributed by atoms with Crippen LogP contribution in [0.5, 0.6) is 11.8 Å². The van der Waals surface area contributed by atoms with E-state index in [1.54, 1.807) is 6.07 Å². The summed E-state index contributed by atoms with van der Waals surface area (Å²) in [5, 5.41) is 2.76. The normalized spacial score (nSPS) is 10.0. The number of rotatable bonds is 4. The molecule has 21 heavy (non-hydrogen) atoms. The zero-order valence-corrected chi connectivity index (χ0v) is 12.1. The smallest absolute Gasteiger partial charge is 0.259 e. The molecule has 110 valence electrons. The molecule has 1 aromatic heterocycles. The standard InChI is InChI=1S/C13H13ClN4O3/c1-20-10-6-11(21-2)17-13(16-10)18-12(19)8-4-3-7(15)5-9(8)14/h3-6H,15H2,1-2H3,(H,16,17,18,19). The van der Waals surface area contributed by atoms with Crippen LogP contribution in [0.3, 0.4) is 0 Å². The van der Waals surface area contributed by atoms with Gasteiger partial charge < -0.3 is 15.2 Å². The number of hydrogen-bond donors (Lipinski definition) is 2. The lowest BCUT2D eigenvalue weighted by atomic mass is 10.2. The highest BCUT2D eigenvalue weighted by atomic mass is 35.5. The van der Waals surface area contributed by atoms with E-state index in [2.05, 4.69) is 15.3 Å². The summed E-state index contributed by atoms with van der Waals surface area (Å²) in [6.45, 7) is 0.